The lowest BCUT2D eigenvalue weighted by Crippen LogP contribution is -2.41. The number of methoxy groups -OCH3 is 2. The summed E-state index contributed by atoms with van der Waals surface area (Å²) in [5.41, 5.74) is 0.533. The third kappa shape index (κ3) is 4.49. The van der Waals surface area contributed by atoms with Crippen LogP contribution in [0.15, 0.2) is 64.3 Å². The van der Waals surface area contributed by atoms with Crippen molar-refractivity contribution in [2.75, 3.05) is 19.5 Å². The van der Waals surface area contributed by atoms with Crippen molar-refractivity contribution in [3.8, 4) is 11.5 Å². The summed E-state index contributed by atoms with van der Waals surface area (Å²) in [5, 5.41) is 6.96. The number of nitrogens with one attached hydrogen (secondary N) is 1. The number of amides is 1. The van der Waals surface area contributed by atoms with E-state index in [1.165, 1.54) is 23.5 Å². The van der Waals surface area contributed by atoms with Crippen molar-refractivity contribution < 1.29 is 14.3 Å². The van der Waals surface area contributed by atoms with Gasteiger partial charge >= 0.3 is 5.69 Å². The van der Waals surface area contributed by atoms with Gasteiger partial charge in [0.25, 0.3) is 5.56 Å². The van der Waals surface area contributed by atoms with Crippen LogP contribution in [0.1, 0.15) is 5.56 Å². The second-order valence-electron chi connectivity index (χ2n) is 7.43. The van der Waals surface area contributed by atoms with E-state index in [1.54, 1.807) is 31.4 Å². The van der Waals surface area contributed by atoms with Crippen molar-refractivity contribution in [3.05, 3.63) is 81.1 Å². The van der Waals surface area contributed by atoms with E-state index in [2.05, 4.69) is 10.4 Å². The molecule has 4 rings (SSSR count). The SMILES string of the molecule is COc1cc(NC(=O)Cn2c(=O)n(Cc3ccccc3)c(=O)c3nn(C)cc32)cc(OC)c1. The Labute approximate surface area is 188 Å². The van der Waals surface area contributed by atoms with Crippen LogP contribution in [0.4, 0.5) is 5.69 Å². The Morgan fingerprint density at radius 2 is 1.67 bits per heavy atom. The molecule has 170 valence electrons. The first-order valence-corrected chi connectivity index (χ1v) is 10.1. The summed E-state index contributed by atoms with van der Waals surface area (Å²) in [4.78, 5) is 39.1. The molecule has 0 radical (unpaired) electrons. The molecule has 0 aliphatic heterocycles. The fourth-order valence-electron chi connectivity index (χ4n) is 3.57. The van der Waals surface area contributed by atoms with Gasteiger partial charge in [0, 0.05) is 37.1 Å². The van der Waals surface area contributed by atoms with Gasteiger partial charge in [0.1, 0.15) is 18.0 Å². The van der Waals surface area contributed by atoms with Crippen molar-refractivity contribution in [3.63, 3.8) is 0 Å². The van der Waals surface area contributed by atoms with Gasteiger partial charge in [-0.1, -0.05) is 30.3 Å². The molecule has 0 bridgehead atoms. The lowest BCUT2D eigenvalue weighted by atomic mass is 10.2. The first-order valence-electron chi connectivity index (χ1n) is 10.1. The molecule has 0 unspecified atom stereocenters. The van der Waals surface area contributed by atoms with Gasteiger partial charge in [-0.15, -0.1) is 0 Å². The number of carbonyl (C=O) groups is 1. The average molecular weight is 449 g/mol. The molecular weight excluding hydrogens is 426 g/mol. The Morgan fingerprint density at radius 1 is 1.00 bits per heavy atom. The molecular formula is C23H23N5O5. The lowest BCUT2D eigenvalue weighted by Gasteiger charge is -2.13. The number of hydrogen-bond acceptors (Lipinski definition) is 6. The van der Waals surface area contributed by atoms with Crippen LogP contribution >= 0.6 is 0 Å². The number of aryl methyl sites for hydroxylation is 1. The molecule has 4 aromatic rings. The van der Waals surface area contributed by atoms with Crippen LogP contribution in [-0.2, 0) is 24.9 Å². The van der Waals surface area contributed by atoms with Crippen LogP contribution in [0.2, 0.25) is 0 Å². The summed E-state index contributed by atoms with van der Waals surface area (Å²) < 4.78 is 14.2. The van der Waals surface area contributed by atoms with E-state index in [9.17, 15) is 14.4 Å². The number of carbonyl (C=O) groups excluding carboxylic acids is 1. The van der Waals surface area contributed by atoms with E-state index in [0.717, 1.165) is 10.1 Å². The Hall–Kier alpha value is -4.34. The normalized spacial score (nSPS) is 10.9. The van der Waals surface area contributed by atoms with Gasteiger partial charge in [-0.3, -0.25) is 23.4 Å². The maximum absolute atomic E-state index is 13.3. The minimum Gasteiger partial charge on any atom is -0.497 e. The zero-order valence-corrected chi connectivity index (χ0v) is 18.4. The van der Waals surface area contributed by atoms with Gasteiger partial charge in [-0.05, 0) is 5.56 Å². The molecule has 0 aliphatic carbocycles. The van der Waals surface area contributed by atoms with Crippen molar-refractivity contribution in [2.45, 2.75) is 13.1 Å². The number of anilines is 1. The summed E-state index contributed by atoms with van der Waals surface area (Å²) in [6.07, 6.45) is 1.55. The second kappa shape index (κ2) is 9.03. The number of rotatable bonds is 7. The molecule has 2 aromatic carbocycles. The monoisotopic (exact) mass is 449 g/mol. The predicted octanol–water partition coefficient (Wildman–Crippen LogP) is 1.60. The second-order valence-corrected chi connectivity index (χ2v) is 7.43. The fourth-order valence-corrected chi connectivity index (χ4v) is 3.57. The minimum absolute atomic E-state index is 0.0692. The highest BCUT2D eigenvalue weighted by molar-refractivity contribution is 5.91. The van der Waals surface area contributed by atoms with Gasteiger partial charge in [0.2, 0.25) is 5.91 Å². The maximum atomic E-state index is 13.3. The zero-order valence-electron chi connectivity index (χ0n) is 18.4. The summed E-state index contributed by atoms with van der Waals surface area (Å²) in [5.74, 6) is 0.559. The zero-order chi connectivity index (χ0) is 23.5. The number of ether oxygens (including phenoxy) is 2. The fraction of sp³-hybridized carbons (Fsp3) is 0.217. The molecule has 1 N–H and O–H groups in total. The third-order valence-corrected chi connectivity index (χ3v) is 5.13. The molecule has 1 amide bonds. The van der Waals surface area contributed by atoms with Crippen molar-refractivity contribution in [1.29, 1.82) is 0 Å². The van der Waals surface area contributed by atoms with Crippen molar-refractivity contribution >= 4 is 22.6 Å². The molecule has 10 heteroatoms. The Kier molecular flexibility index (Phi) is 5.99. The Bertz CT molecular complexity index is 1410. The van der Waals surface area contributed by atoms with Crippen LogP contribution in [-0.4, -0.2) is 39.0 Å². The predicted molar refractivity (Wildman–Crippen MR) is 123 cm³/mol. The van der Waals surface area contributed by atoms with Crippen molar-refractivity contribution in [1.82, 2.24) is 18.9 Å². The molecule has 0 spiro atoms. The molecule has 0 fully saturated rings. The lowest BCUT2D eigenvalue weighted by molar-refractivity contribution is -0.116. The van der Waals surface area contributed by atoms with Gasteiger partial charge < -0.3 is 14.8 Å². The summed E-state index contributed by atoms with van der Waals surface area (Å²) in [7, 11) is 4.67. The number of benzene rings is 2. The van der Waals surface area contributed by atoms with Crippen molar-refractivity contribution in [2.24, 2.45) is 7.05 Å². The Morgan fingerprint density at radius 3 is 2.30 bits per heavy atom. The van der Waals surface area contributed by atoms with E-state index in [4.69, 9.17) is 9.47 Å². The molecule has 0 saturated carbocycles. The van der Waals surface area contributed by atoms with E-state index in [-0.39, 0.29) is 24.1 Å². The molecule has 33 heavy (non-hydrogen) atoms. The first kappa shape index (κ1) is 21.9. The van der Waals surface area contributed by atoms with Crippen LogP contribution in [0.25, 0.3) is 11.0 Å². The molecule has 0 atom stereocenters. The van der Waals surface area contributed by atoms with Gasteiger partial charge in [0.15, 0.2) is 5.52 Å². The average Bonchev–Trinajstić information content (AvgIpc) is 3.21. The molecule has 2 heterocycles. The van der Waals surface area contributed by atoms with Gasteiger partial charge in [-0.2, -0.15) is 5.10 Å². The summed E-state index contributed by atoms with van der Waals surface area (Å²) in [6, 6.07) is 14.1. The number of fused-ring (bicyclic) bond motifs is 1. The van der Waals surface area contributed by atoms with E-state index in [1.807, 2.05) is 30.3 Å². The highest BCUT2D eigenvalue weighted by Crippen LogP contribution is 2.25. The van der Waals surface area contributed by atoms with E-state index >= 15 is 0 Å². The van der Waals surface area contributed by atoms with Crippen LogP contribution < -0.4 is 26.0 Å². The number of aromatic nitrogens is 4. The van der Waals surface area contributed by atoms with Gasteiger partial charge in [0.05, 0.1) is 26.3 Å². The quantitative estimate of drug-likeness (QED) is 0.459. The first-order chi connectivity index (χ1) is 15.9. The molecule has 0 saturated heterocycles. The largest absolute Gasteiger partial charge is 0.497 e. The minimum atomic E-state index is -0.595. The highest BCUT2D eigenvalue weighted by atomic mass is 16.5. The van der Waals surface area contributed by atoms with Gasteiger partial charge in [-0.25, -0.2) is 4.79 Å². The molecule has 2 aromatic heterocycles. The standard InChI is InChI=1S/C23H23N5O5/c1-26-13-19-21(25-26)22(30)28(12-15-7-5-4-6-8-15)23(31)27(19)14-20(29)24-16-9-17(32-2)11-18(10-16)33-3/h4-11,13H,12,14H2,1-3H3,(H,24,29). The summed E-state index contributed by atoms with van der Waals surface area (Å²) in [6.45, 7) is -0.241. The number of nitrogens with zero attached hydrogens (tertiary/aromatic N) is 4. The molecule has 10 nitrogen and oxygen atoms in total. The third-order valence-electron chi connectivity index (χ3n) is 5.13. The van der Waals surface area contributed by atoms with E-state index in [0.29, 0.717) is 17.2 Å². The van der Waals surface area contributed by atoms with Crippen LogP contribution in [0, 0.1) is 0 Å². The smallest absolute Gasteiger partial charge is 0.332 e. The highest BCUT2D eigenvalue weighted by Gasteiger charge is 2.18. The number of hydrogen-bond donors (Lipinski definition) is 1. The molecule has 0 aliphatic rings. The summed E-state index contributed by atoms with van der Waals surface area (Å²) >= 11 is 0. The van der Waals surface area contributed by atoms with E-state index < -0.39 is 17.2 Å². The maximum Gasteiger partial charge on any atom is 0.332 e. The van der Waals surface area contributed by atoms with Crippen LogP contribution in [0.5, 0.6) is 11.5 Å². The Balaban J connectivity index is 1.72. The topological polar surface area (TPSA) is 109 Å². The van der Waals surface area contributed by atoms with Crippen LogP contribution in [0.3, 0.4) is 0 Å².